The third kappa shape index (κ3) is 4.62. The van der Waals surface area contributed by atoms with Crippen LogP contribution in [0.1, 0.15) is 30.3 Å². The Hall–Kier alpha value is -2.75. The van der Waals surface area contributed by atoms with Gasteiger partial charge in [-0.15, -0.1) is 0 Å². The van der Waals surface area contributed by atoms with Crippen LogP contribution < -0.4 is 5.32 Å². The first kappa shape index (κ1) is 17.6. The highest BCUT2D eigenvalue weighted by molar-refractivity contribution is 5.97. The van der Waals surface area contributed by atoms with Gasteiger partial charge < -0.3 is 19.5 Å². The van der Waals surface area contributed by atoms with Crippen LogP contribution in [0.25, 0.3) is 0 Å². The second-order valence-electron chi connectivity index (χ2n) is 5.57. The number of nitrogens with one attached hydrogen (secondary N) is 1. The van der Waals surface area contributed by atoms with Gasteiger partial charge in [-0.05, 0) is 18.6 Å². The average molecular weight is 330 g/mol. The van der Waals surface area contributed by atoms with Crippen molar-refractivity contribution in [3.05, 3.63) is 35.9 Å². The lowest BCUT2D eigenvalue weighted by Gasteiger charge is -2.33. The monoisotopic (exact) mass is 330 g/mol. The van der Waals surface area contributed by atoms with Gasteiger partial charge in [-0.1, -0.05) is 13.3 Å². The number of carbonyl (C=O) groups excluding carboxylic acids is 2. The lowest BCUT2D eigenvalue weighted by molar-refractivity contribution is -0.117. The summed E-state index contributed by atoms with van der Waals surface area (Å²) in [5, 5.41) is 11.9. The molecule has 1 aromatic heterocycles. The van der Waals surface area contributed by atoms with E-state index in [1.165, 1.54) is 6.26 Å². The van der Waals surface area contributed by atoms with E-state index in [2.05, 4.69) is 5.32 Å². The van der Waals surface area contributed by atoms with Crippen molar-refractivity contribution in [2.24, 2.45) is 0 Å². The number of nitrogens with zero attached hydrogens (tertiary/aromatic N) is 3. The molecule has 1 saturated heterocycles. The van der Waals surface area contributed by atoms with E-state index in [0.29, 0.717) is 38.5 Å². The molecule has 1 aromatic rings. The summed E-state index contributed by atoms with van der Waals surface area (Å²) < 4.78 is 5.12. The van der Waals surface area contributed by atoms with Crippen molar-refractivity contribution in [1.29, 1.82) is 5.26 Å². The highest BCUT2D eigenvalue weighted by Gasteiger charge is 2.23. The molecule has 7 heteroatoms. The topological polar surface area (TPSA) is 89.6 Å². The van der Waals surface area contributed by atoms with Gasteiger partial charge in [0.2, 0.25) is 0 Å². The Morgan fingerprint density at radius 1 is 1.38 bits per heavy atom. The van der Waals surface area contributed by atoms with E-state index in [1.807, 2.05) is 17.9 Å². The van der Waals surface area contributed by atoms with Crippen molar-refractivity contribution in [3.63, 3.8) is 0 Å². The lowest BCUT2D eigenvalue weighted by Crippen LogP contribution is -2.47. The standard InChI is InChI=1S/C17H22N4O3/c1-2-3-6-19-16(22)14(12-18)13-20-7-9-21(10-8-20)17(23)15-5-4-11-24-15/h4-5,11,13H,2-3,6-10H2,1H3,(H,19,22)/b14-13-. The highest BCUT2D eigenvalue weighted by atomic mass is 16.3. The van der Waals surface area contributed by atoms with Crippen molar-refractivity contribution >= 4 is 11.8 Å². The quantitative estimate of drug-likeness (QED) is 0.483. The largest absolute Gasteiger partial charge is 0.459 e. The summed E-state index contributed by atoms with van der Waals surface area (Å²) in [6, 6.07) is 5.27. The van der Waals surface area contributed by atoms with Gasteiger partial charge in [0, 0.05) is 38.9 Å². The predicted molar refractivity (Wildman–Crippen MR) is 87.8 cm³/mol. The molecule has 0 aromatic carbocycles. The second kappa shape index (κ2) is 8.77. The first-order chi connectivity index (χ1) is 11.7. The van der Waals surface area contributed by atoms with E-state index < -0.39 is 0 Å². The van der Waals surface area contributed by atoms with Crippen LogP contribution in [0.2, 0.25) is 0 Å². The Bertz CT molecular complexity index is 623. The second-order valence-corrected chi connectivity index (χ2v) is 5.57. The van der Waals surface area contributed by atoms with E-state index >= 15 is 0 Å². The Morgan fingerprint density at radius 3 is 2.71 bits per heavy atom. The van der Waals surface area contributed by atoms with Gasteiger partial charge in [-0.3, -0.25) is 9.59 Å². The summed E-state index contributed by atoms with van der Waals surface area (Å²) in [4.78, 5) is 27.7. The zero-order valence-corrected chi connectivity index (χ0v) is 13.8. The van der Waals surface area contributed by atoms with Crippen molar-refractivity contribution in [2.45, 2.75) is 19.8 Å². The summed E-state index contributed by atoms with van der Waals surface area (Å²) in [6.07, 6.45) is 4.92. The predicted octanol–water partition coefficient (Wildman–Crippen LogP) is 1.36. The van der Waals surface area contributed by atoms with Crippen LogP contribution in [0, 0.1) is 11.3 Å². The number of rotatable bonds is 6. The Labute approximate surface area is 141 Å². The summed E-state index contributed by atoms with van der Waals surface area (Å²) in [5.74, 6) is -0.159. The number of furan rings is 1. The fourth-order valence-corrected chi connectivity index (χ4v) is 2.40. The number of carbonyl (C=O) groups is 2. The maximum Gasteiger partial charge on any atom is 0.289 e. The van der Waals surface area contributed by atoms with Crippen LogP contribution in [0.4, 0.5) is 0 Å². The third-order valence-electron chi connectivity index (χ3n) is 3.83. The number of hydrogen-bond donors (Lipinski definition) is 1. The molecule has 2 amide bonds. The molecule has 1 N–H and O–H groups in total. The van der Waals surface area contributed by atoms with Gasteiger partial charge in [0.15, 0.2) is 5.76 Å². The number of amides is 2. The minimum atomic E-state index is -0.347. The number of piperazine rings is 1. The smallest absolute Gasteiger partial charge is 0.289 e. The minimum Gasteiger partial charge on any atom is -0.459 e. The first-order valence-electron chi connectivity index (χ1n) is 8.12. The number of unbranched alkanes of at least 4 members (excludes halogenated alkanes) is 1. The molecule has 0 spiro atoms. The molecule has 0 aliphatic carbocycles. The van der Waals surface area contributed by atoms with Gasteiger partial charge in [0.25, 0.3) is 11.8 Å². The zero-order chi connectivity index (χ0) is 17.4. The molecule has 1 fully saturated rings. The normalized spacial score (nSPS) is 15.1. The van der Waals surface area contributed by atoms with Gasteiger partial charge in [0.1, 0.15) is 11.6 Å². The molecule has 0 atom stereocenters. The Morgan fingerprint density at radius 2 is 2.12 bits per heavy atom. The van der Waals surface area contributed by atoms with Crippen LogP contribution in [0.3, 0.4) is 0 Å². The highest BCUT2D eigenvalue weighted by Crippen LogP contribution is 2.10. The average Bonchev–Trinajstić information content (AvgIpc) is 3.14. The van der Waals surface area contributed by atoms with Crippen molar-refractivity contribution in [3.8, 4) is 6.07 Å². The fraction of sp³-hybridized carbons (Fsp3) is 0.471. The van der Waals surface area contributed by atoms with Gasteiger partial charge in [0.05, 0.1) is 6.26 Å². The molecule has 2 heterocycles. The summed E-state index contributed by atoms with van der Waals surface area (Å²) >= 11 is 0. The molecule has 2 rings (SSSR count). The van der Waals surface area contributed by atoms with Gasteiger partial charge in [-0.2, -0.15) is 5.26 Å². The Balaban J connectivity index is 1.87. The SMILES string of the molecule is CCCCNC(=O)/C(C#N)=C\N1CCN(C(=O)c2ccco2)CC1. The van der Waals surface area contributed by atoms with Crippen molar-refractivity contribution in [1.82, 2.24) is 15.1 Å². The van der Waals surface area contributed by atoms with Crippen LogP contribution in [-0.4, -0.2) is 54.3 Å². The van der Waals surface area contributed by atoms with Crippen LogP contribution in [-0.2, 0) is 4.79 Å². The molecule has 1 aliphatic rings. The zero-order valence-electron chi connectivity index (χ0n) is 13.8. The fourth-order valence-electron chi connectivity index (χ4n) is 2.40. The van der Waals surface area contributed by atoms with Crippen LogP contribution >= 0.6 is 0 Å². The molecule has 7 nitrogen and oxygen atoms in total. The van der Waals surface area contributed by atoms with Gasteiger partial charge >= 0.3 is 0 Å². The van der Waals surface area contributed by atoms with E-state index in [1.54, 1.807) is 23.2 Å². The number of hydrogen-bond acceptors (Lipinski definition) is 5. The van der Waals surface area contributed by atoms with Crippen LogP contribution in [0.15, 0.2) is 34.6 Å². The first-order valence-corrected chi connectivity index (χ1v) is 8.12. The summed E-state index contributed by atoms with van der Waals surface area (Å²) in [7, 11) is 0. The molecule has 1 aliphatic heterocycles. The Kier molecular flexibility index (Phi) is 6.43. The third-order valence-corrected chi connectivity index (χ3v) is 3.83. The molecule has 0 radical (unpaired) electrons. The maximum atomic E-state index is 12.2. The molecular formula is C17H22N4O3. The molecule has 0 unspecified atom stereocenters. The molecular weight excluding hydrogens is 308 g/mol. The number of nitriles is 1. The van der Waals surface area contributed by atoms with E-state index in [-0.39, 0.29) is 17.4 Å². The van der Waals surface area contributed by atoms with Crippen molar-refractivity contribution in [2.75, 3.05) is 32.7 Å². The van der Waals surface area contributed by atoms with Crippen LogP contribution in [0.5, 0.6) is 0 Å². The lowest BCUT2D eigenvalue weighted by atomic mass is 10.2. The molecule has 0 bridgehead atoms. The van der Waals surface area contributed by atoms with Gasteiger partial charge in [-0.25, -0.2) is 0 Å². The summed E-state index contributed by atoms with van der Waals surface area (Å²) in [6.45, 7) is 4.79. The minimum absolute atomic E-state index is 0.0944. The maximum absolute atomic E-state index is 12.2. The molecule has 0 saturated carbocycles. The molecule has 128 valence electrons. The van der Waals surface area contributed by atoms with E-state index in [0.717, 1.165) is 12.8 Å². The molecule has 24 heavy (non-hydrogen) atoms. The van der Waals surface area contributed by atoms with E-state index in [9.17, 15) is 9.59 Å². The summed E-state index contributed by atoms with van der Waals surface area (Å²) in [5.41, 5.74) is 0.0944. The van der Waals surface area contributed by atoms with Crippen molar-refractivity contribution < 1.29 is 14.0 Å². The van der Waals surface area contributed by atoms with E-state index in [4.69, 9.17) is 9.68 Å².